The summed E-state index contributed by atoms with van der Waals surface area (Å²) in [6.45, 7) is 2.80. The van der Waals surface area contributed by atoms with E-state index in [4.69, 9.17) is 4.74 Å². The molecule has 0 saturated carbocycles. The molecule has 0 N–H and O–H groups in total. The maximum absolute atomic E-state index is 12.3. The molecule has 0 spiro atoms. The van der Waals surface area contributed by atoms with Gasteiger partial charge in [0.1, 0.15) is 17.6 Å². The molecule has 3 aromatic rings. The summed E-state index contributed by atoms with van der Waals surface area (Å²) < 4.78 is 7.49. The lowest BCUT2D eigenvalue weighted by molar-refractivity contribution is 0.0735. The Labute approximate surface area is 175 Å². The topological polar surface area (TPSA) is 80.8 Å². The van der Waals surface area contributed by atoms with E-state index in [-0.39, 0.29) is 0 Å². The van der Waals surface area contributed by atoms with Crippen molar-refractivity contribution in [2.75, 3.05) is 0 Å². The van der Waals surface area contributed by atoms with Gasteiger partial charge < -0.3 is 9.30 Å². The van der Waals surface area contributed by atoms with Gasteiger partial charge in [-0.1, -0.05) is 36.2 Å². The number of nitrogens with zero attached hydrogens (tertiary/aromatic N) is 4. The first kappa shape index (κ1) is 19.6. The number of benzene rings is 2. The van der Waals surface area contributed by atoms with E-state index < -0.39 is 5.97 Å². The van der Waals surface area contributed by atoms with Gasteiger partial charge in [-0.15, -0.1) is 10.2 Å². The summed E-state index contributed by atoms with van der Waals surface area (Å²) in [5.74, 6) is 1.61. The molecule has 0 amide bonds. The van der Waals surface area contributed by atoms with Crippen LogP contribution in [-0.4, -0.2) is 20.7 Å². The first-order valence-electron chi connectivity index (χ1n) is 10.1. The Morgan fingerprint density at radius 1 is 1.07 bits per heavy atom. The Balaban J connectivity index is 1.51. The smallest absolute Gasteiger partial charge is 0.343 e. The van der Waals surface area contributed by atoms with Crippen LogP contribution < -0.4 is 4.74 Å². The molecule has 150 valence electrons. The van der Waals surface area contributed by atoms with Gasteiger partial charge in [-0.3, -0.25) is 0 Å². The number of aryl methyl sites for hydroxylation is 2. The second-order valence-corrected chi connectivity index (χ2v) is 7.40. The molecule has 2 heterocycles. The molecule has 0 radical (unpaired) electrons. The van der Waals surface area contributed by atoms with Crippen molar-refractivity contribution in [1.29, 1.82) is 5.26 Å². The second-order valence-electron chi connectivity index (χ2n) is 7.40. The van der Waals surface area contributed by atoms with Gasteiger partial charge in [-0.25, -0.2) is 4.79 Å². The molecule has 0 bridgehead atoms. The van der Waals surface area contributed by atoms with Crippen molar-refractivity contribution in [2.24, 2.45) is 0 Å². The van der Waals surface area contributed by atoms with E-state index in [9.17, 15) is 10.1 Å². The first-order chi connectivity index (χ1) is 14.6. The minimum atomic E-state index is -0.401. The highest BCUT2D eigenvalue weighted by Crippen LogP contribution is 2.22. The molecular weight excluding hydrogens is 376 g/mol. The molecule has 0 aliphatic carbocycles. The van der Waals surface area contributed by atoms with Crippen LogP contribution in [0.15, 0.2) is 48.5 Å². The SMILES string of the molecule is Cc1ccc(C(=O)Oc2ccc(C=C(C#N)c3nnc4n3CCCCC4)cc2)cc1. The van der Waals surface area contributed by atoms with E-state index in [0.29, 0.717) is 22.7 Å². The molecule has 4 rings (SSSR count). The average Bonchev–Trinajstić information content (AvgIpc) is 3.01. The number of hydrogen-bond acceptors (Lipinski definition) is 5. The van der Waals surface area contributed by atoms with Crippen molar-refractivity contribution >= 4 is 17.6 Å². The number of aromatic nitrogens is 3. The zero-order valence-corrected chi connectivity index (χ0v) is 16.8. The third-order valence-corrected chi connectivity index (χ3v) is 5.16. The van der Waals surface area contributed by atoms with Gasteiger partial charge in [0.25, 0.3) is 0 Å². The third kappa shape index (κ3) is 4.31. The van der Waals surface area contributed by atoms with Gasteiger partial charge >= 0.3 is 5.97 Å². The minimum Gasteiger partial charge on any atom is -0.423 e. The number of esters is 1. The highest BCUT2D eigenvalue weighted by molar-refractivity contribution is 5.91. The van der Waals surface area contributed by atoms with Gasteiger partial charge in [0.15, 0.2) is 5.82 Å². The molecule has 0 fully saturated rings. The number of carbonyl (C=O) groups is 1. The Morgan fingerprint density at radius 3 is 2.57 bits per heavy atom. The van der Waals surface area contributed by atoms with Crippen molar-refractivity contribution < 1.29 is 9.53 Å². The summed E-state index contributed by atoms with van der Waals surface area (Å²) >= 11 is 0. The maximum Gasteiger partial charge on any atom is 0.343 e. The van der Waals surface area contributed by atoms with Crippen LogP contribution >= 0.6 is 0 Å². The van der Waals surface area contributed by atoms with Crippen molar-refractivity contribution in [3.8, 4) is 11.8 Å². The van der Waals surface area contributed by atoms with Crippen LogP contribution in [0.5, 0.6) is 5.75 Å². The fourth-order valence-corrected chi connectivity index (χ4v) is 3.49. The molecule has 1 aliphatic heterocycles. The van der Waals surface area contributed by atoms with Crippen LogP contribution in [-0.2, 0) is 13.0 Å². The quantitative estimate of drug-likeness (QED) is 0.365. The van der Waals surface area contributed by atoms with Crippen molar-refractivity contribution in [3.05, 3.63) is 76.9 Å². The molecule has 30 heavy (non-hydrogen) atoms. The molecule has 0 atom stereocenters. The van der Waals surface area contributed by atoms with Gasteiger partial charge in [0.05, 0.1) is 11.1 Å². The summed E-state index contributed by atoms with van der Waals surface area (Å²) in [6, 6.07) is 16.6. The number of rotatable bonds is 4. The van der Waals surface area contributed by atoms with Crippen LogP contribution in [0.2, 0.25) is 0 Å². The number of nitriles is 1. The molecule has 2 aromatic carbocycles. The molecule has 6 heteroatoms. The zero-order chi connectivity index (χ0) is 20.9. The number of allylic oxidation sites excluding steroid dienone is 1. The maximum atomic E-state index is 12.3. The lowest BCUT2D eigenvalue weighted by atomic mass is 10.1. The predicted octanol–water partition coefficient (Wildman–Crippen LogP) is 4.60. The van der Waals surface area contributed by atoms with Crippen LogP contribution in [0.25, 0.3) is 11.6 Å². The van der Waals surface area contributed by atoms with E-state index in [1.54, 1.807) is 30.3 Å². The van der Waals surface area contributed by atoms with Crippen LogP contribution in [0.4, 0.5) is 0 Å². The number of fused-ring (bicyclic) bond motifs is 1. The molecule has 1 aromatic heterocycles. The fourth-order valence-electron chi connectivity index (χ4n) is 3.49. The third-order valence-electron chi connectivity index (χ3n) is 5.16. The van der Waals surface area contributed by atoms with Gasteiger partial charge in [0.2, 0.25) is 0 Å². The molecule has 1 aliphatic rings. The van der Waals surface area contributed by atoms with E-state index >= 15 is 0 Å². The highest BCUT2D eigenvalue weighted by atomic mass is 16.5. The van der Waals surface area contributed by atoms with Crippen molar-refractivity contribution in [1.82, 2.24) is 14.8 Å². The monoisotopic (exact) mass is 398 g/mol. The van der Waals surface area contributed by atoms with E-state index in [2.05, 4.69) is 20.8 Å². The standard InChI is InChI=1S/C24H22N4O2/c1-17-6-10-19(11-7-17)24(29)30-21-12-8-18(9-13-21)15-20(16-25)23-27-26-22-5-3-2-4-14-28(22)23/h6-13,15H,2-5,14H2,1H3. The largest absolute Gasteiger partial charge is 0.423 e. The van der Waals surface area contributed by atoms with Gasteiger partial charge in [0, 0.05) is 13.0 Å². The minimum absolute atomic E-state index is 0.401. The van der Waals surface area contributed by atoms with E-state index in [1.165, 1.54) is 0 Å². The second kappa shape index (κ2) is 8.75. The molecule has 0 saturated heterocycles. The highest BCUT2D eigenvalue weighted by Gasteiger charge is 2.17. The summed E-state index contributed by atoms with van der Waals surface area (Å²) in [7, 11) is 0. The summed E-state index contributed by atoms with van der Waals surface area (Å²) in [4.78, 5) is 12.3. The summed E-state index contributed by atoms with van der Waals surface area (Å²) in [5.41, 5.74) is 2.89. The van der Waals surface area contributed by atoms with E-state index in [1.807, 2.05) is 31.2 Å². The van der Waals surface area contributed by atoms with Gasteiger partial charge in [-0.2, -0.15) is 5.26 Å². The molecular formula is C24H22N4O2. The summed E-state index contributed by atoms with van der Waals surface area (Å²) in [6.07, 6.45) is 6.02. The Hall–Kier alpha value is -3.72. The summed E-state index contributed by atoms with van der Waals surface area (Å²) in [5, 5.41) is 18.2. The first-order valence-corrected chi connectivity index (χ1v) is 10.1. The lowest BCUT2D eigenvalue weighted by Crippen LogP contribution is -2.08. The van der Waals surface area contributed by atoms with Crippen LogP contribution in [0.3, 0.4) is 0 Å². The number of ether oxygens (including phenoxy) is 1. The number of hydrogen-bond donors (Lipinski definition) is 0. The lowest BCUT2D eigenvalue weighted by Gasteiger charge is -2.07. The molecule has 6 nitrogen and oxygen atoms in total. The predicted molar refractivity (Wildman–Crippen MR) is 114 cm³/mol. The Bertz CT molecular complexity index is 1120. The van der Waals surface area contributed by atoms with Crippen molar-refractivity contribution in [3.63, 3.8) is 0 Å². The molecule has 0 unspecified atom stereocenters. The number of carbonyl (C=O) groups excluding carboxylic acids is 1. The fraction of sp³-hybridized carbons (Fsp3) is 0.250. The van der Waals surface area contributed by atoms with E-state index in [0.717, 1.165) is 49.2 Å². The average molecular weight is 398 g/mol. The normalized spacial score (nSPS) is 13.8. The Kier molecular flexibility index (Phi) is 5.71. The van der Waals surface area contributed by atoms with Crippen molar-refractivity contribution in [2.45, 2.75) is 39.2 Å². The van der Waals surface area contributed by atoms with Crippen LogP contribution in [0.1, 0.15) is 52.4 Å². The van der Waals surface area contributed by atoms with Crippen LogP contribution in [0, 0.1) is 18.3 Å². The zero-order valence-electron chi connectivity index (χ0n) is 16.8. The van der Waals surface area contributed by atoms with Gasteiger partial charge in [-0.05, 0) is 55.7 Å². The Morgan fingerprint density at radius 2 is 1.83 bits per heavy atom.